The third-order valence-corrected chi connectivity index (χ3v) is 5.33. The predicted molar refractivity (Wildman–Crippen MR) is 113 cm³/mol. The lowest BCUT2D eigenvalue weighted by molar-refractivity contribution is 0.281. The van der Waals surface area contributed by atoms with Gasteiger partial charge in [-0.1, -0.05) is 30.3 Å². The minimum absolute atomic E-state index is 0. The Morgan fingerprint density at radius 1 is 1.11 bits per heavy atom. The Bertz CT molecular complexity index is 867. The van der Waals surface area contributed by atoms with E-state index >= 15 is 0 Å². The van der Waals surface area contributed by atoms with Gasteiger partial charge >= 0.3 is 0 Å². The van der Waals surface area contributed by atoms with E-state index in [1.807, 2.05) is 24.3 Å². The fraction of sp³-hybridized carbons (Fsp3) is 0.318. The maximum absolute atomic E-state index is 6.04. The number of rotatable bonds is 6. The molecule has 0 radical (unpaired) electrons. The van der Waals surface area contributed by atoms with Gasteiger partial charge in [-0.2, -0.15) is 0 Å². The first kappa shape index (κ1) is 20.4. The van der Waals surface area contributed by atoms with Crippen LogP contribution in [0.4, 0.5) is 0 Å². The molecule has 1 aliphatic heterocycles. The van der Waals surface area contributed by atoms with Gasteiger partial charge in [-0.05, 0) is 42.3 Å². The second-order valence-corrected chi connectivity index (χ2v) is 7.05. The zero-order valence-electron chi connectivity index (χ0n) is 16.0. The highest BCUT2D eigenvalue weighted by Gasteiger charge is 2.33. The number of benzene rings is 2. The zero-order chi connectivity index (χ0) is 18.6. The van der Waals surface area contributed by atoms with E-state index in [0.29, 0.717) is 24.9 Å². The van der Waals surface area contributed by atoms with Crippen molar-refractivity contribution in [2.45, 2.75) is 12.5 Å². The Kier molecular flexibility index (Phi) is 6.73. The maximum Gasteiger partial charge on any atom is 0.209 e. The van der Waals surface area contributed by atoms with Crippen LogP contribution in [-0.4, -0.2) is 36.6 Å². The summed E-state index contributed by atoms with van der Waals surface area (Å²) in [6, 6.07) is 18.5. The van der Waals surface area contributed by atoms with Gasteiger partial charge in [0.1, 0.15) is 5.75 Å². The van der Waals surface area contributed by atoms with Crippen molar-refractivity contribution in [2.75, 3.05) is 26.7 Å². The SMILES string of the molecule is COc1ccc(-c2cnc(CN3C[C@@H](CN)[C@H](c4ccccc4)C3)o2)cc1.Cl. The van der Waals surface area contributed by atoms with Gasteiger partial charge in [0.15, 0.2) is 5.76 Å². The molecule has 6 heteroatoms. The maximum atomic E-state index is 6.04. The normalized spacial score (nSPS) is 19.4. The second-order valence-electron chi connectivity index (χ2n) is 7.05. The first-order valence-electron chi connectivity index (χ1n) is 9.33. The second kappa shape index (κ2) is 9.24. The number of ether oxygens (including phenoxy) is 1. The summed E-state index contributed by atoms with van der Waals surface area (Å²) in [4.78, 5) is 6.86. The molecule has 5 nitrogen and oxygen atoms in total. The molecule has 3 aromatic rings. The molecule has 2 N–H and O–H groups in total. The Labute approximate surface area is 171 Å². The number of aromatic nitrogens is 1. The van der Waals surface area contributed by atoms with Crippen molar-refractivity contribution < 1.29 is 9.15 Å². The smallest absolute Gasteiger partial charge is 0.209 e. The van der Waals surface area contributed by atoms with E-state index < -0.39 is 0 Å². The molecular formula is C22H26ClN3O2. The summed E-state index contributed by atoms with van der Waals surface area (Å²) in [5, 5.41) is 0. The number of hydrogen-bond acceptors (Lipinski definition) is 5. The van der Waals surface area contributed by atoms with Crippen LogP contribution < -0.4 is 10.5 Å². The van der Waals surface area contributed by atoms with E-state index in [4.69, 9.17) is 14.9 Å². The minimum atomic E-state index is 0. The molecule has 1 saturated heterocycles. The van der Waals surface area contributed by atoms with Gasteiger partial charge in [0.05, 0.1) is 19.9 Å². The van der Waals surface area contributed by atoms with Crippen LogP contribution in [-0.2, 0) is 6.54 Å². The van der Waals surface area contributed by atoms with E-state index in [2.05, 4.69) is 40.2 Å². The van der Waals surface area contributed by atoms with E-state index in [1.165, 1.54) is 5.56 Å². The van der Waals surface area contributed by atoms with Crippen LogP contribution in [0.1, 0.15) is 17.4 Å². The molecule has 2 aromatic carbocycles. The lowest BCUT2D eigenvalue weighted by Gasteiger charge is -2.16. The summed E-state index contributed by atoms with van der Waals surface area (Å²) in [5.74, 6) is 3.28. The molecule has 0 saturated carbocycles. The van der Waals surface area contributed by atoms with Crippen molar-refractivity contribution in [3.63, 3.8) is 0 Å². The topological polar surface area (TPSA) is 64.5 Å². The molecule has 0 unspecified atom stereocenters. The molecular weight excluding hydrogens is 374 g/mol. The molecule has 1 aliphatic rings. The number of oxazole rings is 1. The summed E-state index contributed by atoms with van der Waals surface area (Å²) in [6.45, 7) is 3.34. The summed E-state index contributed by atoms with van der Waals surface area (Å²) < 4.78 is 11.2. The molecule has 148 valence electrons. The van der Waals surface area contributed by atoms with Crippen molar-refractivity contribution in [1.82, 2.24) is 9.88 Å². The fourth-order valence-corrected chi connectivity index (χ4v) is 3.87. The van der Waals surface area contributed by atoms with Crippen LogP contribution >= 0.6 is 12.4 Å². The van der Waals surface area contributed by atoms with E-state index in [1.54, 1.807) is 13.3 Å². The Balaban J connectivity index is 0.00000225. The van der Waals surface area contributed by atoms with Crippen LogP contribution in [0.3, 0.4) is 0 Å². The Morgan fingerprint density at radius 2 is 1.86 bits per heavy atom. The van der Waals surface area contributed by atoms with Crippen LogP contribution in [0.15, 0.2) is 65.2 Å². The van der Waals surface area contributed by atoms with Crippen LogP contribution in [0.5, 0.6) is 5.75 Å². The third-order valence-electron chi connectivity index (χ3n) is 5.33. The van der Waals surface area contributed by atoms with Gasteiger partial charge < -0.3 is 14.9 Å². The summed E-state index contributed by atoms with van der Waals surface area (Å²) in [6.07, 6.45) is 1.79. The number of hydrogen-bond donors (Lipinski definition) is 1. The summed E-state index contributed by atoms with van der Waals surface area (Å²) in [5.41, 5.74) is 8.41. The average Bonchev–Trinajstić information content (AvgIpc) is 3.36. The molecule has 2 atom stereocenters. The van der Waals surface area contributed by atoms with Crippen molar-refractivity contribution in [3.8, 4) is 17.1 Å². The molecule has 2 heterocycles. The van der Waals surface area contributed by atoms with Gasteiger partial charge in [0.2, 0.25) is 5.89 Å². The number of nitrogens with two attached hydrogens (primary N) is 1. The first-order chi connectivity index (χ1) is 13.3. The highest BCUT2D eigenvalue weighted by molar-refractivity contribution is 5.85. The molecule has 1 fully saturated rings. The van der Waals surface area contributed by atoms with Crippen molar-refractivity contribution in [3.05, 3.63) is 72.2 Å². The lowest BCUT2D eigenvalue weighted by Crippen LogP contribution is -2.23. The number of nitrogens with zero attached hydrogens (tertiary/aromatic N) is 2. The quantitative estimate of drug-likeness (QED) is 0.680. The van der Waals surface area contributed by atoms with Gasteiger partial charge in [0.25, 0.3) is 0 Å². The molecule has 1 aromatic heterocycles. The van der Waals surface area contributed by atoms with Gasteiger partial charge in [-0.25, -0.2) is 4.98 Å². The lowest BCUT2D eigenvalue weighted by atomic mass is 9.89. The van der Waals surface area contributed by atoms with E-state index in [-0.39, 0.29) is 12.4 Å². The Morgan fingerprint density at radius 3 is 2.54 bits per heavy atom. The summed E-state index contributed by atoms with van der Waals surface area (Å²) in [7, 11) is 1.66. The molecule has 28 heavy (non-hydrogen) atoms. The Hall–Kier alpha value is -2.34. The van der Waals surface area contributed by atoms with Crippen molar-refractivity contribution >= 4 is 12.4 Å². The van der Waals surface area contributed by atoms with Gasteiger partial charge in [0, 0.05) is 24.6 Å². The van der Waals surface area contributed by atoms with E-state index in [0.717, 1.165) is 36.1 Å². The third kappa shape index (κ3) is 4.38. The van der Waals surface area contributed by atoms with Crippen molar-refractivity contribution in [2.24, 2.45) is 11.7 Å². The molecule has 0 aliphatic carbocycles. The van der Waals surface area contributed by atoms with Gasteiger partial charge in [-0.15, -0.1) is 12.4 Å². The number of halogens is 1. The van der Waals surface area contributed by atoms with Crippen LogP contribution in [0.25, 0.3) is 11.3 Å². The minimum Gasteiger partial charge on any atom is -0.497 e. The highest BCUT2D eigenvalue weighted by Crippen LogP contribution is 2.33. The van der Waals surface area contributed by atoms with Crippen LogP contribution in [0.2, 0.25) is 0 Å². The average molecular weight is 400 g/mol. The highest BCUT2D eigenvalue weighted by atomic mass is 35.5. The first-order valence-corrected chi connectivity index (χ1v) is 9.33. The number of likely N-dealkylation sites (tertiary alicyclic amines) is 1. The summed E-state index contributed by atoms with van der Waals surface area (Å²) >= 11 is 0. The standard InChI is InChI=1S/C22H25N3O2.ClH/c1-26-19-9-7-17(8-10-19)21-12-24-22(27-21)15-25-13-18(11-23)20(14-25)16-5-3-2-4-6-16;/h2-10,12,18,20H,11,13-15,23H2,1H3;1H/t18-,20+;/m1./s1. The largest absolute Gasteiger partial charge is 0.497 e. The van der Waals surface area contributed by atoms with E-state index in [9.17, 15) is 0 Å². The predicted octanol–water partition coefficient (Wildman–Crippen LogP) is 3.95. The monoisotopic (exact) mass is 399 g/mol. The van der Waals surface area contributed by atoms with Crippen molar-refractivity contribution in [1.29, 1.82) is 0 Å². The van der Waals surface area contributed by atoms with Gasteiger partial charge in [-0.3, -0.25) is 4.90 Å². The molecule has 0 spiro atoms. The zero-order valence-corrected chi connectivity index (χ0v) is 16.8. The molecule has 0 amide bonds. The molecule has 4 rings (SSSR count). The van der Waals surface area contributed by atoms with Crippen LogP contribution in [0, 0.1) is 5.92 Å². The molecule has 0 bridgehead atoms. The fourth-order valence-electron chi connectivity index (χ4n) is 3.87. The number of methoxy groups -OCH3 is 1.